The summed E-state index contributed by atoms with van der Waals surface area (Å²) in [5.74, 6) is -0.185. The summed E-state index contributed by atoms with van der Waals surface area (Å²) in [4.78, 5) is 18.3. The van der Waals surface area contributed by atoms with Crippen LogP contribution in [-0.2, 0) is 4.79 Å². The number of aromatic nitrogens is 1. The second kappa shape index (κ2) is 7.11. The van der Waals surface area contributed by atoms with Crippen molar-refractivity contribution in [2.45, 2.75) is 6.17 Å². The Bertz CT molecular complexity index is 1210. The van der Waals surface area contributed by atoms with Crippen LogP contribution < -0.4 is 15.6 Å². The second-order valence-electron chi connectivity index (χ2n) is 6.88. The first-order valence-electron chi connectivity index (χ1n) is 9.30. The number of rotatable bonds is 3. The Morgan fingerprint density at radius 2 is 2.03 bits per heavy atom. The van der Waals surface area contributed by atoms with E-state index in [1.807, 2.05) is 90.3 Å². The normalized spacial score (nSPS) is 17.4. The maximum Gasteiger partial charge on any atom is 0.273 e. The van der Waals surface area contributed by atoms with Gasteiger partial charge in [0.1, 0.15) is 11.9 Å². The number of aromatic amines is 1. The molecule has 2 aliphatic rings. The number of H-pyrrole nitrogens is 1. The molecule has 142 valence electrons. The summed E-state index contributed by atoms with van der Waals surface area (Å²) < 4.78 is 0. The number of nitrogens with zero attached hydrogens (tertiary/aromatic N) is 1. The molecule has 0 fully saturated rings. The number of fused-ring (bicyclic) bond motifs is 2. The fourth-order valence-electron chi connectivity index (χ4n) is 3.73. The molecule has 5 nitrogen and oxygen atoms in total. The number of hydrogen-bond acceptors (Lipinski definition) is 3. The van der Waals surface area contributed by atoms with Gasteiger partial charge in [0.05, 0.1) is 5.70 Å². The van der Waals surface area contributed by atoms with E-state index >= 15 is 0 Å². The van der Waals surface area contributed by atoms with Crippen LogP contribution in [0.4, 0.5) is 5.69 Å². The van der Waals surface area contributed by atoms with E-state index in [4.69, 9.17) is 11.6 Å². The molecule has 0 radical (unpaired) electrons. The van der Waals surface area contributed by atoms with Crippen LogP contribution in [-0.4, -0.2) is 10.8 Å². The van der Waals surface area contributed by atoms with Crippen molar-refractivity contribution in [3.63, 3.8) is 0 Å². The number of hydrogen-bond donors (Lipinski definition) is 2. The molecule has 0 bridgehead atoms. The molecule has 0 saturated heterocycles. The Hall–Kier alpha value is -3.57. The summed E-state index contributed by atoms with van der Waals surface area (Å²) in [6.07, 6.45) is 11.3. The minimum absolute atomic E-state index is 0.185. The smallest absolute Gasteiger partial charge is 0.273 e. The van der Waals surface area contributed by atoms with Gasteiger partial charge in [-0.05, 0) is 42.0 Å². The van der Waals surface area contributed by atoms with E-state index in [0.29, 0.717) is 10.7 Å². The van der Waals surface area contributed by atoms with Gasteiger partial charge in [-0.3, -0.25) is 4.79 Å². The summed E-state index contributed by atoms with van der Waals surface area (Å²) in [5.41, 5.74) is 3.10. The molecular formula is C23H18ClN4O+. The molecule has 1 atom stereocenters. The Balaban J connectivity index is 1.49. The van der Waals surface area contributed by atoms with Crippen LogP contribution in [0, 0.1) is 0 Å². The van der Waals surface area contributed by atoms with E-state index in [-0.39, 0.29) is 12.1 Å². The van der Waals surface area contributed by atoms with Crippen LogP contribution in [0.25, 0.3) is 10.8 Å². The number of pyridine rings is 1. The highest BCUT2D eigenvalue weighted by Crippen LogP contribution is 2.35. The van der Waals surface area contributed by atoms with Crippen molar-refractivity contribution in [2.24, 2.45) is 0 Å². The third-order valence-electron chi connectivity index (χ3n) is 5.07. The van der Waals surface area contributed by atoms with Crippen LogP contribution in [0.3, 0.4) is 0 Å². The predicted octanol–water partition coefficient (Wildman–Crippen LogP) is 4.14. The van der Waals surface area contributed by atoms with E-state index in [0.717, 1.165) is 27.7 Å². The first-order valence-corrected chi connectivity index (χ1v) is 9.68. The molecule has 0 aliphatic carbocycles. The van der Waals surface area contributed by atoms with Gasteiger partial charge in [-0.15, -0.1) is 0 Å². The van der Waals surface area contributed by atoms with Crippen molar-refractivity contribution in [3.8, 4) is 0 Å². The minimum atomic E-state index is -0.201. The summed E-state index contributed by atoms with van der Waals surface area (Å²) in [5, 5.41) is 9.10. The molecule has 2 aliphatic heterocycles. The zero-order valence-electron chi connectivity index (χ0n) is 15.4. The first-order chi connectivity index (χ1) is 14.2. The van der Waals surface area contributed by atoms with E-state index < -0.39 is 0 Å². The van der Waals surface area contributed by atoms with Crippen molar-refractivity contribution in [1.29, 1.82) is 0 Å². The maximum absolute atomic E-state index is 13.2. The fourth-order valence-corrected chi connectivity index (χ4v) is 3.93. The summed E-state index contributed by atoms with van der Waals surface area (Å²) in [6.45, 7) is 0. The molecule has 1 unspecified atom stereocenters. The fraction of sp³-hybridized carbons (Fsp3) is 0.0435. The minimum Gasteiger partial charge on any atom is -0.355 e. The number of halogens is 1. The van der Waals surface area contributed by atoms with E-state index in [9.17, 15) is 4.79 Å². The van der Waals surface area contributed by atoms with Crippen molar-refractivity contribution >= 4 is 34.0 Å². The maximum atomic E-state index is 13.2. The quantitative estimate of drug-likeness (QED) is 0.693. The van der Waals surface area contributed by atoms with Gasteiger partial charge < -0.3 is 15.5 Å². The van der Waals surface area contributed by atoms with Crippen molar-refractivity contribution < 1.29 is 9.78 Å². The number of allylic oxidation sites excluding steroid dienone is 3. The molecule has 6 heteroatoms. The van der Waals surface area contributed by atoms with Crippen molar-refractivity contribution in [3.05, 3.63) is 107 Å². The highest BCUT2D eigenvalue weighted by atomic mass is 35.5. The molecule has 3 heterocycles. The number of amides is 1. The topological polar surface area (TPSA) is 58.5 Å². The number of carbonyl (C=O) groups is 1. The van der Waals surface area contributed by atoms with E-state index in [1.165, 1.54) is 0 Å². The Kier molecular flexibility index (Phi) is 4.30. The number of anilines is 1. The molecular weight excluding hydrogens is 384 g/mol. The zero-order valence-corrected chi connectivity index (χ0v) is 16.1. The van der Waals surface area contributed by atoms with Crippen LogP contribution in [0.2, 0.25) is 5.02 Å². The summed E-state index contributed by atoms with van der Waals surface area (Å²) in [7, 11) is 0. The van der Waals surface area contributed by atoms with Gasteiger partial charge in [0.25, 0.3) is 5.91 Å². The highest BCUT2D eigenvalue weighted by molar-refractivity contribution is 6.30. The monoisotopic (exact) mass is 401 g/mol. The molecule has 0 saturated carbocycles. The molecule has 2 aromatic carbocycles. The van der Waals surface area contributed by atoms with Gasteiger partial charge in [0, 0.05) is 33.7 Å². The van der Waals surface area contributed by atoms with Gasteiger partial charge in [-0.25, -0.2) is 4.98 Å². The Morgan fingerprint density at radius 1 is 1.14 bits per heavy atom. The summed E-state index contributed by atoms with van der Waals surface area (Å²) >= 11 is 6.19. The molecule has 5 rings (SSSR count). The lowest BCUT2D eigenvalue weighted by atomic mass is 10.1. The SMILES string of the molecule is O=C(Nc1cccc2c[nH+]ccc12)C1=C2C=CC=CN2C(c2cccc(Cl)c2)N1. The van der Waals surface area contributed by atoms with Crippen LogP contribution in [0.1, 0.15) is 11.7 Å². The van der Waals surface area contributed by atoms with Gasteiger partial charge >= 0.3 is 0 Å². The number of carbonyl (C=O) groups excluding carboxylic acids is 1. The average Bonchev–Trinajstić information content (AvgIpc) is 3.14. The van der Waals surface area contributed by atoms with Gasteiger partial charge in [0.2, 0.25) is 0 Å². The van der Waals surface area contributed by atoms with Gasteiger partial charge in [0.15, 0.2) is 12.4 Å². The van der Waals surface area contributed by atoms with Crippen LogP contribution in [0.15, 0.2) is 96.7 Å². The third kappa shape index (κ3) is 3.15. The first kappa shape index (κ1) is 17.5. The van der Waals surface area contributed by atoms with Crippen molar-refractivity contribution in [1.82, 2.24) is 10.2 Å². The Morgan fingerprint density at radius 3 is 2.93 bits per heavy atom. The molecule has 0 spiro atoms. The lowest BCUT2D eigenvalue weighted by molar-refractivity contribution is -0.375. The third-order valence-corrected chi connectivity index (χ3v) is 5.31. The largest absolute Gasteiger partial charge is 0.355 e. The van der Waals surface area contributed by atoms with Crippen molar-refractivity contribution in [2.75, 3.05) is 5.32 Å². The lowest BCUT2D eigenvalue weighted by Gasteiger charge is -2.26. The van der Waals surface area contributed by atoms with Gasteiger partial charge in [-0.1, -0.05) is 35.9 Å². The van der Waals surface area contributed by atoms with Crippen LogP contribution >= 0.6 is 11.6 Å². The van der Waals surface area contributed by atoms with Gasteiger partial charge in [-0.2, -0.15) is 0 Å². The Labute approximate surface area is 173 Å². The molecule has 3 aromatic rings. The number of benzene rings is 2. The highest BCUT2D eigenvalue weighted by Gasteiger charge is 2.34. The van der Waals surface area contributed by atoms with E-state index in [1.54, 1.807) is 0 Å². The molecule has 1 aromatic heterocycles. The van der Waals surface area contributed by atoms with E-state index in [2.05, 4.69) is 15.6 Å². The average molecular weight is 402 g/mol. The van der Waals surface area contributed by atoms with Crippen LogP contribution in [0.5, 0.6) is 0 Å². The molecule has 1 amide bonds. The number of nitrogens with one attached hydrogen (secondary N) is 3. The predicted molar refractivity (Wildman–Crippen MR) is 114 cm³/mol. The second-order valence-corrected chi connectivity index (χ2v) is 7.31. The molecule has 29 heavy (non-hydrogen) atoms. The summed E-state index contributed by atoms with van der Waals surface area (Å²) in [6, 6.07) is 15.4. The zero-order chi connectivity index (χ0) is 19.8. The lowest BCUT2D eigenvalue weighted by Crippen LogP contribution is -2.28. The molecule has 3 N–H and O–H groups in total. The standard InChI is InChI=1S/C23H17ClN4O/c24-17-7-3-5-15(13-17)22-27-21(20-9-1-2-12-28(20)22)23(29)26-19-8-4-6-16-14-25-11-10-18(16)19/h1-14,22,27H,(H,26,29)/p+1.